The molecule has 0 amide bonds. The van der Waals surface area contributed by atoms with Gasteiger partial charge in [0.25, 0.3) is 0 Å². The molecule has 0 fully saturated rings. The van der Waals surface area contributed by atoms with E-state index >= 15 is 0 Å². The summed E-state index contributed by atoms with van der Waals surface area (Å²) in [5.74, 6) is 0.128. The van der Waals surface area contributed by atoms with E-state index in [1.54, 1.807) is 6.21 Å². The van der Waals surface area contributed by atoms with Gasteiger partial charge < -0.3 is 5.73 Å². The second kappa shape index (κ2) is 6.33. The fourth-order valence-electron chi connectivity index (χ4n) is 1.41. The van der Waals surface area contributed by atoms with Gasteiger partial charge in [0, 0.05) is 31.3 Å². The third kappa shape index (κ3) is 4.06. The molecule has 4 heteroatoms. The molecule has 0 bridgehead atoms. The van der Waals surface area contributed by atoms with E-state index in [4.69, 9.17) is 5.73 Å². The minimum atomic E-state index is -0.420. The second-order valence-corrected chi connectivity index (χ2v) is 3.94. The molecule has 1 unspecified atom stereocenters. The van der Waals surface area contributed by atoms with Gasteiger partial charge in [-0.2, -0.15) is 0 Å². The number of hydrogen-bond acceptors (Lipinski definition) is 4. The predicted octanol–water partition coefficient (Wildman–Crippen LogP) is 1.50. The Morgan fingerprint density at radius 2 is 2.38 bits per heavy atom. The highest BCUT2D eigenvalue weighted by Crippen LogP contribution is 2.05. The first-order valence-corrected chi connectivity index (χ1v) is 5.62. The lowest BCUT2D eigenvalue weighted by Gasteiger charge is -2.13. The summed E-state index contributed by atoms with van der Waals surface area (Å²) in [6.45, 7) is 4.54. The van der Waals surface area contributed by atoms with Crippen LogP contribution in [0.2, 0.25) is 0 Å². The zero-order valence-corrected chi connectivity index (χ0v) is 9.94. The van der Waals surface area contributed by atoms with E-state index in [1.807, 2.05) is 19.9 Å². The third-order valence-corrected chi connectivity index (χ3v) is 2.57. The normalized spacial score (nSPS) is 24.2. The third-order valence-electron chi connectivity index (χ3n) is 2.57. The number of aliphatic imine (C=N–C) groups is 2. The molecular formula is C12H19N3O. The number of Topliss-reactive ketones (excluding diaryl/α,β-unsaturated/α-hetero) is 1. The molecule has 88 valence electrons. The van der Waals surface area contributed by atoms with Crippen LogP contribution in [0.3, 0.4) is 0 Å². The van der Waals surface area contributed by atoms with E-state index < -0.39 is 6.04 Å². The van der Waals surface area contributed by atoms with Gasteiger partial charge in [-0.05, 0) is 20.3 Å². The average Bonchev–Trinajstić information content (AvgIpc) is 2.28. The lowest BCUT2D eigenvalue weighted by Crippen LogP contribution is -2.34. The highest BCUT2D eigenvalue weighted by atomic mass is 16.1. The van der Waals surface area contributed by atoms with Crippen molar-refractivity contribution in [3.63, 3.8) is 0 Å². The molecule has 4 nitrogen and oxygen atoms in total. The van der Waals surface area contributed by atoms with E-state index in [1.165, 1.54) is 0 Å². The van der Waals surface area contributed by atoms with Crippen LogP contribution < -0.4 is 5.73 Å². The van der Waals surface area contributed by atoms with Crippen molar-refractivity contribution < 1.29 is 4.79 Å². The van der Waals surface area contributed by atoms with Crippen molar-refractivity contribution in [2.75, 3.05) is 6.54 Å². The first kappa shape index (κ1) is 12.8. The van der Waals surface area contributed by atoms with Gasteiger partial charge in [0.2, 0.25) is 0 Å². The highest BCUT2D eigenvalue weighted by molar-refractivity contribution is 6.31. The number of carbonyl (C=O) groups excluding carboxylic acids is 1. The average molecular weight is 221 g/mol. The molecule has 0 saturated heterocycles. The number of nitrogens with zero attached hydrogens (tertiary/aromatic N) is 2. The van der Waals surface area contributed by atoms with Crippen molar-refractivity contribution in [1.29, 1.82) is 0 Å². The van der Waals surface area contributed by atoms with Crippen molar-refractivity contribution in [2.24, 2.45) is 15.7 Å². The van der Waals surface area contributed by atoms with Gasteiger partial charge in [-0.25, -0.2) is 0 Å². The van der Waals surface area contributed by atoms with Crippen LogP contribution in [0.25, 0.3) is 0 Å². The molecule has 1 rings (SSSR count). The second-order valence-electron chi connectivity index (χ2n) is 3.94. The molecule has 1 aliphatic heterocycles. The standard InChI is InChI=1S/C12H19N3O/c1-3-9(2)15-8-10-7-11(13)12(16)5-4-6-14-10/h3,8,11H,4-7,13H2,1-2H3/b9-3+,14-10?,15-8?. The van der Waals surface area contributed by atoms with Crippen LogP contribution in [0.5, 0.6) is 0 Å². The van der Waals surface area contributed by atoms with E-state index in [-0.39, 0.29) is 5.78 Å². The fraction of sp³-hybridized carbons (Fsp3) is 0.583. The summed E-state index contributed by atoms with van der Waals surface area (Å²) in [4.78, 5) is 20.1. The van der Waals surface area contributed by atoms with E-state index in [9.17, 15) is 4.79 Å². The number of rotatable bonds is 2. The number of nitrogens with two attached hydrogens (primary N) is 1. The Labute approximate surface area is 96.4 Å². The molecular weight excluding hydrogens is 202 g/mol. The molecule has 0 aliphatic carbocycles. The summed E-state index contributed by atoms with van der Waals surface area (Å²) in [7, 11) is 0. The Hall–Kier alpha value is -1.29. The van der Waals surface area contributed by atoms with Gasteiger partial charge in [-0.15, -0.1) is 0 Å². The van der Waals surface area contributed by atoms with Gasteiger partial charge in [0.1, 0.15) is 5.78 Å². The SMILES string of the molecule is C/C=C(\C)N=CC1=NCCCC(=O)C(N)C1. The molecule has 0 spiro atoms. The maximum absolute atomic E-state index is 11.5. The minimum absolute atomic E-state index is 0.128. The Morgan fingerprint density at radius 1 is 1.62 bits per heavy atom. The van der Waals surface area contributed by atoms with E-state index in [0.717, 1.165) is 17.8 Å². The molecule has 16 heavy (non-hydrogen) atoms. The Balaban J connectivity index is 2.70. The first-order chi connectivity index (χ1) is 7.63. The first-order valence-electron chi connectivity index (χ1n) is 5.62. The van der Waals surface area contributed by atoms with Crippen LogP contribution in [-0.2, 0) is 4.79 Å². The summed E-state index contributed by atoms with van der Waals surface area (Å²) in [5, 5.41) is 0. The number of carbonyl (C=O) groups is 1. The lowest BCUT2D eigenvalue weighted by atomic mass is 10.0. The summed E-state index contributed by atoms with van der Waals surface area (Å²) < 4.78 is 0. The Morgan fingerprint density at radius 3 is 3.06 bits per heavy atom. The highest BCUT2D eigenvalue weighted by Gasteiger charge is 2.16. The maximum Gasteiger partial charge on any atom is 0.149 e. The van der Waals surface area contributed by atoms with Gasteiger partial charge in [0.15, 0.2) is 0 Å². The Kier molecular flexibility index (Phi) is 5.05. The van der Waals surface area contributed by atoms with Gasteiger partial charge in [0.05, 0.1) is 11.8 Å². The molecule has 2 N–H and O–H groups in total. The van der Waals surface area contributed by atoms with Crippen LogP contribution in [0.4, 0.5) is 0 Å². The van der Waals surface area contributed by atoms with Crippen molar-refractivity contribution in [2.45, 2.75) is 39.2 Å². The molecule has 0 saturated carbocycles. The van der Waals surface area contributed by atoms with Crippen molar-refractivity contribution in [1.82, 2.24) is 0 Å². The minimum Gasteiger partial charge on any atom is -0.321 e. The van der Waals surface area contributed by atoms with Crippen molar-refractivity contribution in [3.8, 4) is 0 Å². The molecule has 1 aliphatic rings. The fourth-order valence-corrected chi connectivity index (χ4v) is 1.41. The number of hydrogen-bond donors (Lipinski definition) is 1. The zero-order chi connectivity index (χ0) is 12.0. The molecule has 0 aromatic heterocycles. The van der Waals surface area contributed by atoms with Crippen LogP contribution in [0, 0.1) is 0 Å². The summed E-state index contributed by atoms with van der Waals surface area (Å²) in [6.07, 6.45) is 5.47. The Bertz CT molecular complexity index is 342. The molecule has 1 atom stereocenters. The monoisotopic (exact) mass is 221 g/mol. The van der Waals surface area contributed by atoms with Crippen molar-refractivity contribution in [3.05, 3.63) is 11.8 Å². The zero-order valence-electron chi connectivity index (χ0n) is 9.94. The summed E-state index contributed by atoms with van der Waals surface area (Å²) >= 11 is 0. The molecule has 0 aromatic rings. The van der Waals surface area contributed by atoms with Crippen LogP contribution in [0.1, 0.15) is 33.1 Å². The van der Waals surface area contributed by atoms with Crippen molar-refractivity contribution >= 4 is 17.7 Å². The van der Waals surface area contributed by atoms with Crippen LogP contribution >= 0.6 is 0 Å². The lowest BCUT2D eigenvalue weighted by molar-refractivity contribution is -0.120. The van der Waals surface area contributed by atoms with Gasteiger partial charge in [-0.1, -0.05) is 6.08 Å². The topological polar surface area (TPSA) is 67.8 Å². The van der Waals surface area contributed by atoms with Gasteiger partial charge >= 0.3 is 0 Å². The smallest absolute Gasteiger partial charge is 0.149 e. The summed E-state index contributed by atoms with van der Waals surface area (Å²) in [5.41, 5.74) is 7.53. The van der Waals surface area contributed by atoms with E-state index in [2.05, 4.69) is 9.98 Å². The van der Waals surface area contributed by atoms with Crippen LogP contribution in [0.15, 0.2) is 21.8 Å². The summed E-state index contributed by atoms with van der Waals surface area (Å²) in [6, 6.07) is -0.420. The molecule has 0 aromatic carbocycles. The number of ketones is 1. The molecule has 0 radical (unpaired) electrons. The molecule has 1 heterocycles. The van der Waals surface area contributed by atoms with E-state index in [0.29, 0.717) is 19.4 Å². The quantitative estimate of drug-likeness (QED) is 0.718. The maximum atomic E-state index is 11.5. The predicted molar refractivity (Wildman–Crippen MR) is 67.1 cm³/mol. The van der Waals surface area contributed by atoms with Crippen LogP contribution in [-0.4, -0.2) is 30.3 Å². The number of allylic oxidation sites excluding steroid dienone is 2. The largest absolute Gasteiger partial charge is 0.321 e. The van der Waals surface area contributed by atoms with Gasteiger partial charge in [-0.3, -0.25) is 14.8 Å².